The minimum atomic E-state index is -0.562. The number of piperazine rings is 1. The Bertz CT molecular complexity index is 304. The Morgan fingerprint density at radius 3 is 2.29 bits per heavy atom. The van der Waals surface area contributed by atoms with E-state index in [0.29, 0.717) is 6.61 Å². The first-order valence-electron chi connectivity index (χ1n) is 8.42. The fourth-order valence-electron chi connectivity index (χ4n) is 2.66. The summed E-state index contributed by atoms with van der Waals surface area (Å²) < 4.78 is 5.25. The van der Waals surface area contributed by atoms with Crippen molar-refractivity contribution in [3.05, 3.63) is 0 Å². The second kappa shape index (κ2) is 9.38. The Labute approximate surface area is 130 Å². The van der Waals surface area contributed by atoms with Crippen molar-refractivity contribution in [1.29, 1.82) is 0 Å². The first-order valence-corrected chi connectivity index (χ1v) is 8.42. The molecule has 1 unspecified atom stereocenters. The molecule has 1 heterocycles. The lowest BCUT2D eigenvalue weighted by Gasteiger charge is -2.36. The Morgan fingerprint density at radius 2 is 1.76 bits per heavy atom. The van der Waals surface area contributed by atoms with E-state index in [1.54, 1.807) is 0 Å². The van der Waals surface area contributed by atoms with E-state index in [-0.39, 0.29) is 5.97 Å². The minimum Gasteiger partial charge on any atom is -0.465 e. The summed E-state index contributed by atoms with van der Waals surface area (Å²) in [4.78, 5) is 17.2. The lowest BCUT2D eigenvalue weighted by atomic mass is 9.97. The van der Waals surface area contributed by atoms with Crippen LogP contribution in [0.1, 0.15) is 40.5 Å². The van der Waals surface area contributed by atoms with Gasteiger partial charge >= 0.3 is 5.97 Å². The molecule has 0 aromatic heterocycles. The summed E-state index contributed by atoms with van der Waals surface area (Å²) in [6, 6.07) is 0. The number of ether oxygens (including phenoxy) is 1. The zero-order valence-electron chi connectivity index (χ0n) is 14.3. The van der Waals surface area contributed by atoms with Crippen LogP contribution in [0, 0.1) is 0 Å². The lowest BCUT2D eigenvalue weighted by molar-refractivity contribution is -0.151. The average Bonchev–Trinajstić information content (AvgIpc) is 2.51. The van der Waals surface area contributed by atoms with Crippen molar-refractivity contribution in [1.82, 2.24) is 15.1 Å². The van der Waals surface area contributed by atoms with Gasteiger partial charge in [0, 0.05) is 32.7 Å². The smallest absolute Gasteiger partial charge is 0.326 e. The summed E-state index contributed by atoms with van der Waals surface area (Å²) >= 11 is 0. The molecule has 124 valence electrons. The molecule has 1 rings (SSSR count). The third-order valence-electron chi connectivity index (χ3n) is 4.33. The molecule has 0 saturated carbocycles. The van der Waals surface area contributed by atoms with Crippen LogP contribution in [0.2, 0.25) is 0 Å². The third-order valence-corrected chi connectivity index (χ3v) is 4.33. The maximum absolute atomic E-state index is 12.2. The van der Waals surface area contributed by atoms with Crippen molar-refractivity contribution in [2.45, 2.75) is 46.1 Å². The predicted molar refractivity (Wildman–Crippen MR) is 86.5 cm³/mol. The van der Waals surface area contributed by atoms with E-state index in [4.69, 9.17) is 4.74 Å². The Morgan fingerprint density at radius 1 is 1.14 bits per heavy atom. The number of carbonyl (C=O) groups is 1. The van der Waals surface area contributed by atoms with Gasteiger partial charge in [-0.25, -0.2) is 0 Å². The van der Waals surface area contributed by atoms with Crippen LogP contribution in [0.5, 0.6) is 0 Å². The predicted octanol–water partition coefficient (Wildman–Crippen LogP) is 1.34. The second-order valence-corrected chi connectivity index (χ2v) is 6.01. The zero-order valence-corrected chi connectivity index (χ0v) is 14.3. The molecule has 5 heteroatoms. The van der Waals surface area contributed by atoms with Crippen molar-refractivity contribution in [3.8, 4) is 0 Å². The van der Waals surface area contributed by atoms with Crippen molar-refractivity contribution in [3.63, 3.8) is 0 Å². The summed E-state index contributed by atoms with van der Waals surface area (Å²) in [6.07, 6.45) is 1.82. The summed E-state index contributed by atoms with van der Waals surface area (Å²) in [7, 11) is 0. The van der Waals surface area contributed by atoms with Gasteiger partial charge in [0.1, 0.15) is 5.54 Å². The van der Waals surface area contributed by atoms with Crippen molar-refractivity contribution in [2.75, 3.05) is 52.4 Å². The van der Waals surface area contributed by atoms with Crippen molar-refractivity contribution < 1.29 is 9.53 Å². The first-order chi connectivity index (χ1) is 10.1. The molecule has 0 aliphatic carbocycles. The fourth-order valence-corrected chi connectivity index (χ4v) is 2.66. The number of carbonyl (C=O) groups excluding carboxylic acids is 1. The number of hydrogen-bond donors (Lipinski definition) is 1. The molecule has 0 aromatic carbocycles. The molecule has 0 radical (unpaired) electrons. The summed E-state index contributed by atoms with van der Waals surface area (Å²) in [5.41, 5.74) is -0.562. The van der Waals surface area contributed by atoms with E-state index >= 15 is 0 Å². The van der Waals surface area contributed by atoms with E-state index in [0.717, 1.165) is 58.7 Å². The molecule has 1 N–H and O–H groups in total. The molecule has 21 heavy (non-hydrogen) atoms. The highest BCUT2D eigenvalue weighted by Crippen LogP contribution is 2.14. The van der Waals surface area contributed by atoms with E-state index in [1.807, 2.05) is 13.8 Å². The standard InChI is InChI=1S/C16H33N3O2/c1-5-9-17-16(4,15(20)21-7-3)8-10-19-13-11-18(6-2)12-14-19/h17H,5-14H2,1-4H3. The molecule has 0 aromatic rings. The lowest BCUT2D eigenvalue weighted by Crippen LogP contribution is -2.54. The molecule has 5 nitrogen and oxygen atoms in total. The Hall–Kier alpha value is -0.650. The van der Waals surface area contributed by atoms with Gasteiger partial charge in [0.05, 0.1) is 6.61 Å². The fraction of sp³-hybridized carbons (Fsp3) is 0.938. The number of nitrogens with zero attached hydrogens (tertiary/aromatic N) is 2. The summed E-state index contributed by atoms with van der Waals surface area (Å²) in [5, 5.41) is 3.38. The monoisotopic (exact) mass is 299 g/mol. The van der Waals surface area contributed by atoms with Crippen LogP contribution < -0.4 is 5.32 Å². The Balaban J connectivity index is 2.47. The van der Waals surface area contributed by atoms with E-state index in [9.17, 15) is 4.79 Å². The largest absolute Gasteiger partial charge is 0.465 e. The quantitative estimate of drug-likeness (QED) is 0.651. The molecule has 1 atom stereocenters. The van der Waals surface area contributed by atoms with Gasteiger partial charge in [0.25, 0.3) is 0 Å². The number of nitrogens with one attached hydrogen (secondary N) is 1. The van der Waals surface area contributed by atoms with Crippen LogP contribution in [0.3, 0.4) is 0 Å². The van der Waals surface area contributed by atoms with Gasteiger partial charge < -0.3 is 19.9 Å². The van der Waals surface area contributed by atoms with Gasteiger partial charge in [-0.05, 0) is 39.8 Å². The van der Waals surface area contributed by atoms with Gasteiger partial charge in [0.15, 0.2) is 0 Å². The van der Waals surface area contributed by atoms with Gasteiger partial charge in [-0.3, -0.25) is 4.79 Å². The number of rotatable bonds is 9. The van der Waals surface area contributed by atoms with E-state index in [2.05, 4.69) is 29.0 Å². The highest BCUT2D eigenvalue weighted by Gasteiger charge is 2.34. The maximum Gasteiger partial charge on any atom is 0.326 e. The number of likely N-dealkylation sites (N-methyl/N-ethyl adjacent to an activating group) is 1. The van der Waals surface area contributed by atoms with Crippen LogP contribution in [0.15, 0.2) is 0 Å². The topological polar surface area (TPSA) is 44.8 Å². The van der Waals surface area contributed by atoms with Crippen LogP contribution in [-0.2, 0) is 9.53 Å². The van der Waals surface area contributed by atoms with Crippen LogP contribution in [-0.4, -0.2) is 73.7 Å². The molecule has 1 aliphatic rings. The first kappa shape index (κ1) is 18.4. The highest BCUT2D eigenvalue weighted by molar-refractivity contribution is 5.80. The van der Waals surface area contributed by atoms with E-state index in [1.165, 1.54) is 0 Å². The van der Waals surface area contributed by atoms with Crippen LogP contribution >= 0.6 is 0 Å². The van der Waals surface area contributed by atoms with Crippen LogP contribution in [0.4, 0.5) is 0 Å². The molecule has 1 saturated heterocycles. The van der Waals surface area contributed by atoms with E-state index < -0.39 is 5.54 Å². The SMILES string of the molecule is CCCNC(C)(CCN1CCN(CC)CC1)C(=O)OCC. The molecule has 0 spiro atoms. The molecule has 0 bridgehead atoms. The number of esters is 1. The van der Waals surface area contributed by atoms with Crippen molar-refractivity contribution >= 4 is 5.97 Å². The molecule has 1 fully saturated rings. The van der Waals surface area contributed by atoms with Gasteiger partial charge in [-0.15, -0.1) is 0 Å². The highest BCUT2D eigenvalue weighted by atomic mass is 16.5. The summed E-state index contributed by atoms with van der Waals surface area (Å²) in [6.45, 7) is 16.0. The second-order valence-electron chi connectivity index (χ2n) is 6.01. The average molecular weight is 299 g/mol. The van der Waals surface area contributed by atoms with Crippen molar-refractivity contribution in [2.24, 2.45) is 0 Å². The Kier molecular flexibility index (Phi) is 8.22. The summed E-state index contributed by atoms with van der Waals surface area (Å²) in [5.74, 6) is -0.120. The maximum atomic E-state index is 12.2. The number of hydrogen-bond acceptors (Lipinski definition) is 5. The molecule has 1 aliphatic heterocycles. The van der Waals surface area contributed by atoms with Gasteiger partial charge in [-0.2, -0.15) is 0 Å². The molecular formula is C16H33N3O2. The molecular weight excluding hydrogens is 266 g/mol. The minimum absolute atomic E-state index is 0.120. The third kappa shape index (κ3) is 5.93. The van der Waals surface area contributed by atoms with Gasteiger partial charge in [0.2, 0.25) is 0 Å². The van der Waals surface area contributed by atoms with Gasteiger partial charge in [-0.1, -0.05) is 13.8 Å². The normalized spacial score (nSPS) is 20.2. The van der Waals surface area contributed by atoms with Crippen LogP contribution in [0.25, 0.3) is 0 Å². The molecule has 0 amide bonds. The zero-order chi connectivity index (χ0) is 15.7.